The maximum Gasteiger partial charge on any atom is 0.123 e. The van der Waals surface area contributed by atoms with Crippen LogP contribution in [0.25, 0.3) is 0 Å². The Kier molecular flexibility index (Phi) is 1.73. The second-order valence-electron chi connectivity index (χ2n) is 2.24. The first-order valence-corrected chi connectivity index (χ1v) is 2.97. The second kappa shape index (κ2) is 2.37. The Bertz CT molecular complexity index is 124. The van der Waals surface area contributed by atoms with E-state index in [1.54, 1.807) is 13.0 Å². The largest absolute Gasteiger partial charge is 0.496 e. The van der Waals surface area contributed by atoms with Gasteiger partial charge in [-0.15, -0.1) is 0 Å². The Hall–Kier alpha value is -0.540. The van der Waals surface area contributed by atoms with Gasteiger partial charge in [-0.2, -0.15) is 0 Å². The summed E-state index contributed by atoms with van der Waals surface area (Å²) >= 11 is 0. The Morgan fingerprint density at radius 1 is 1.67 bits per heavy atom. The standard InChI is InChI=1S/C6H11NO2/c1-4-6(8)5(7)2-3-9-4/h2-6,8H,7H2,1H3/t4-,5+,6+/m1/s1. The van der Waals surface area contributed by atoms with Gasteiger partial charge in [0.15, 0.2) is 0 Å². The molecule has 1 aliphatic heterocycles. The third-order valence-corrected chi connectivity index (χ3v) is 1.47. The number of hydrogen-bond acceptors (Lipinski definition) is 3. The number of ether oxygens (including phenoxy) is 1. The molecule has 0 aromatic carbocycles. The molecule has 3 atom stereocenters. The third kappa shape index (κ3) is 1.23. The molecule has 52 valence electrons. The van der Waals surface area contributed by atoms with Gasteiger partial charge in [0.05, 0.1) is 12.3 Å². The van der Waals surface area contributed by atoms with E-state index < -0.39 is 6.10 Å². The first-order valence-electron chi connectivity index (χ1n) is 2.97. The number of nitrogens with two attached hydrogens (primary N) is 1. The first-order chi connectivity index (χ1) is 4.22. The summed E-state index contributed by atoms with van der Waals surface area (Å²) in [5, 5.41) is 9.14. The molecule has 0 amide bonds. The lowest BCUT2D eigenvalue weighted by atomic mass is 10.1. The van der Waals surface area contributed by atoms with Crippen LogP contribution in [0.4, 0.5) is 0 Å². The zero-order chi connectivity index (χ0) is 6.85. The minimum atomic E-state index is -0.560. The average Bonchev–Trinajstić information content (AvgIpc) is 1.83. The van der Waals surface area contributed by atoms with Crippen LogP contribution in [0, 0.1) is 0 Å². The molecular weight excluding hydrogens is 118 g/mol. The van der Waals surface area contributed by atoms with Crippen molar-refractivity contribution < 1.29 is 9.84 Å². The predicted octanol–water partition coefficient (Wildman–Crippen LogP) is -0.393. The van der Waals surface area contributed by atoms with E-state index in [-0.39, 0.29) is 12.1 Å². The summed E-state index contributed by atoms with van der Waals surface area (Å²) in [5.74, 6) is 0. The summed E-state index contributed by atoms with van der Waals surface area (Å²) in [6, 6.07) is -0.270. The van der Waals surface area contributed by atoms with Crippen molar-refractivity contribution in [3.05, 3.63) is 12.3 Å². The zero-order valence-electron chi connectivity index (χ0n) is 5.32. The topological polar surface area (TPSA) is 55.5 Å². The van der Waals surface area contributed by atoms with Crippen molar-refractivity contribution in [3.63, 3.8) is 0 Å². The van der Waals surface area contributed by atoms with Crippen LogP contribution in [0.2, 0.25) is 0 Å². The fourth-order valence-electron chi connectivity index (χ4n) is 0.767. The van der Waals surface area contributed by atoms with Gasteiger partial charge in [0.2, 0.25) is 0 Å². The molecule has 1 rings (SSSR count). The Morgan fingerprint density at radius 2 is 2.33 bits per heavy atom. The van der Waals surface area contributed by atoms with E-state index in [0.717, 1.165) is 0 Å². The van der Waals surface area contributed by atoms with Gasteiger partial charge in [0.25, 0.3) is 0 Å². The molecule has 3 nitrogen and oxygen atoms in total. The summed E-state index contributed by atoms with van der Waals surface area (Å²) in [4.78, 5) is 0. The SMILES string of the molecule is C[C@H]1OC=C[C@H](N)[C@H]1O. The molecule has 3 heteroatoms. The number of aliphatic hydroxyl groups is 1. The molecule has 0 bridgehead atoms. The summed E-state index contributed by atoms with van der Waals surface area (Å²) in [6.07, 6.45) is 2.44. The van der Waals surface area contributed by atoms with Gasteiger partial charge in [0, 0.05) is 0 Å². The minimum absolute atomic E-state index is 0.176. The maximum atomic E-state index is 9.14. The van der Waals surface area contributed by atoms with Gasteiger partial charge in [-0.1, -0.05) is 0 Å². The number of aliphatic hydroxyl groups excluding tert-OH is 1. The molecule has 1 heterocycles. The summed E-state index contributed by atoms with van der Waals surface area (Å²) in [6.45, 7) is 1.79. The molecule has 0 aliphatic carbocycles. The quantitative estimate of drug-likeness (QED) is 0.468. The van der Waals surface area contributed by atoms with E-state index in [1.807, 2.05) is 0 Å². The molecular formula is C6H11NO2. The molecule has 1 aliphatic rings. The van der Waals surface area contributed by atoms with Gasteiger partial charge in [0.1, 0.15) is 12.2 Å². The fourth-order valence-corrected chi connectivity index (χ4v) is 0.767. The van der Waals surface area contributed by atoms with E-state index in [4.69, 9.17) is 15.6 Å². The monoisotopic (exact) mass is 129 g/mol. The average molecular weight is 129 g/mol. The molecule has 0 aromatic heterocycles. The lowest BCUT2D eigenvalue weighted by Crippen LogP contribution is -2.43. The molecule has 0 aromatic rings. The molecule has 0 radical (unpaired) electrons. The zero-order valence-corrected chi connectivity index (χ0v) is 5.32. The van der Waals surface area contributed by atoms with Gasteiger partial charge in [-0.3, -0.25) is 0 Å². The number of rotatable bonds is 0. The minimum Gasteiger partial charge on any atom is -0.496 e. The van der Waals surface area contributed by atoms with Crippen molar-refractivity contribution in [1.82, 2.24) is 0 Å². The molecule has 0 saturated carbocycles. The van der Waals surface area contributed by atoms with Crippen LogP contribution in [0.3, 0.4) is 0 Å². The van der Waals surface area contributed by atoms with Crippen molar-refractivity contribution >= 4 is 0 Å². The molecule has 0 spiro atoms. The van der Waals surface area contributed by atoms with Crippen molar-refractivity contribution in [1.29, 1.82) is 0 Å². The van der Waals surface area contributed by atoms with Crippen LogP contribution in [-0.4, -0.2) is 23.4 Å². The van der Waals surface area contributed by atoms with Gasteiger partial charge in [-0.25, -0.2) is 0 Å². The lowest BCUT2D eigenvalue weighted by molar-refractivity contribution is 0.000367. The summed E-state index contributed by atoms with van der Waals surface area (Å²) in [5.41, 5.74) is 5.45. The molecule has 0 fully saturated rings. The highest BCUT2D eigenvalue weighted by atomic mass is 16.5. The van der Waals surface area contributed by atoms with Gasteiger partial charge in [-0.05, 0) is 13.0 Å². The summed E-state index contributed by atoms with van der Waals surface area (Å²) in [7, 11) is 0. The fraction of sp³-hybridized carbons (Fsp3) is 0.667. The maximum absolute atomic E-state index is 9.14. The predicted molar refractivity (Wildman–Crippen MR) is 33.7 cm³/mol. The van der Waals surface area contributed by atoms with Gasteiger partial charge < -0.3 is 15.6 Å². The smallest absolute Gasteiger partial charge is 0.123 e. The molecule has 9 heavy (non-hydrogen) atoms. The highest BCUT2D eigenvalue weighted by Gasteiger charge is 2.23. The van der Waals surface area contributed by atoms with Gasteiger partial charge >= 0.3 is 0 Å². The van der Waals surface area contributed by atoms with E-state index in [9.17, 15) is 0 Å². The van der Waals surface area contributed by atoms with E-state index in [1.165, 1.54) is 6.26 Å². The van der Waals surface area contributed by atoms with Crippen molar-refractivity contribution in [2.45, 2.75) is 25.2 Å². The highest BCUT2D eigenvalue weighted by molar-refractivity contribution is 4.98. The molecule has 0 unspecified atom stereocenters. The van der Waals surface area contributed by atoms with Crippen LogP contribution < -0.4 is 5.73 Å². The van der Waals surface area contributed by atoms with E-state index >= 15 is 0 Å². The number of hydrogen-bond donors (Lipinski definition) is 2. The lowest BCUT2D eigenvalue weighted by Gasteiger charge is -2.25. The first kappa shape index (κ1) is 6.58. The Balaban J connectivity index is 2.58. The van der Waals surface area contributed by atoms with E-state index in [2.05, 4.69) is 0 Å². The van der Waals surface area contributed by atoms with Crippen molar-refractivity contribution in [3.8, 4) is 0 Å². The molecule has 0 saturated heterocycles. The van der Waals surface area contributed by atoms with Crippen molar-refractivity contribution in [2.24, 2.45) is 5.73 Å². The third-order valence-electron chi connectivity index (χ3n) is 1.47. The van der Waals surface area contributed by atoms with Crippen LogP contribution in [0.5, 0.6) is 0 Å². The van der Waals surface area contributed by atoms with Crippen LogP contribution in [0.1, 0.15) is 6.92 Å². The van der Waals surface area contributed by atoms with Crippen LogP contribution >= 0.6 is 0 Å². The Morgan fingerprint density at radius 3 is 2.78 bits per heavy atom. The second-order valence-corrected chi connectivity index (χ2v) is 2.24. The van der Waals surface area contributed by atoms with Crippen molar-refractivity contribution in [2.75, 3.05) is 0 Å². The van der Waals surface area contributed by atoms with Crippen LogP contribution in [0.15, 0.2) is 12.3 Å². The highest BCUT2D eigenvalue weighted by Crippen LogP contribution is 2.08. The van der Waals surface area contributed by atoms with Crippen LogP contribution in [-0.2, 0) is 4.74 Å². The molecule has 3 N–H and O–H groups in total. The summed E-state index contributed by atoms with van der Waals surface area (Å²) < 4.78 is 4.95. The van der Waals surface area contributed by atoms with E-state index in [0.29, 0.717) is 0 Å². The normalized spacial score (nSPS) is 42.3. The Labute approximate surface area is 54.1 Å².